The number of anilines is 1. The fourth-order valence-electron chi connectivity index (χ4n) is 3.17. The fourth-order valence-corrected chi connectivity index (χ4v) is 4.30. The monoisotopic (exact) mass is 423 g/mol. The summed E-state index contributed by atoms with van der Waals surface area (Å²) in [5.74, 6) is -0.373. The Balaban J connectivity index is 0.00000117. The molecule has 6 nitrogen and oxygen atoms in total. The molecule has 0 bridgehead atoms. The number of nitrogen functional groups attached to an aromatic ring is 1. The summed E-state index contributed by atoms with van der Waals surface area (Å²) in [5, 5.41) is 7.84. The maximum absolute atomic E-state index is 12.7. The van der Waals surface area contributed by atoms with E-state index in [9.17, 15) is 13.2 Å². The summed E-state index contributed by atoms with van der Waals surface area (Å²) in [6, 6.07) is 3.71. The largest absolute Gasteiger partial charge is 0.400 e. The predicted molar refractivity (Wildman–Crippen MR) is 108 cm³/mol. The van der Waals surface area contributed by atoms with Crippen molar-refractivity contribution in [1.29, 1.82) is 0 Å². The van der Waals surface area contributed by atoms with E-state index >= 15 is 0 Å². The number of nitrogens with two attached hydrogens (primary N) is 1. The third-order valence-electron chi connectivity index (χ3n) is 4.77. The van der Waals surface area contributed by atoms with E-state index in [1.54, 1.807) is 25.7 Å². The maximum Gasteiger partial charge on any atom is 0.391 e. The molecule has 154 valence electrons. The van der Waals surface area contributed by atoms with Crippen molar-refractivity contribution in [2.24, 2.45) is 10.9 Å². The van der Waals surface area contributed by atoms with Crippen LogP contribution < -0.4 is 5.73 Å². The number of rotatable bonds is 3. The lowest BCUT2D eigenvalue weighted by atomic mass is 9.74. The molecule has 4 rings (SSSR count). The molecule has 0 unspecified atom stereocenters. The topological polar surface area (TPSA) is 97.3 Å². The second kappa shape index (κ2) is 8.42. The van der Waals surface area contributed by atoms with E-state index in [4.69, 9.17) is 10.8 Å². The van der Waals surface area contributed by atoms with Gasteiger partial charge in [-0.15, -0.1) is 11.3 Å². The standard InChI is InChI=1S/C18H16F3N5S.CH4O/c1-23-6-10-2-11(7-24-15(10)22)16-25-8-12-5-14(27-17(12)26-16)9-3-13(4-9)18(19,20)21;1-2/h2,5-9,13H,3-4H2,1H3,(H2,22,24);2H,1H3. The Labute approximate surface area is 169 Å². The second-order valence-corrected chi connectivity index (χ2v) is 7.66. The number of aliphatic imine (C=N–C) groups is 1. The van der Waals surface area contributed by atoms with E-state index in [0.717, 1.165) is 22.2 Å². The summed E-state index contributed by atoms with van der Waals surface area (Å²) < 4.78 is 38.1. The zero-order valence-corrected chi connectivity index (χ0v) is 16.6. The van der Waals surface area contributed by atoms with Crippen LogP contribution in [0.1, 0.15) is 29.2 Å². The molecular weight excluding hydrogens is 403 g/mol. The summed E-state index contributed by atoms with van der Waals surface area (Å²) in [6.45, 7) is 0. The van der Waals surface area contributed by atoms with Gasteiger partial charge in [0.1, 0.15) is 10.6 Å². The van der Waals surface area contributed by atoms with E-state index in [-0.39, 0.29) is 18.8 Å². The number of aromatic nitrogens is 3. The van der Waals surface area contributed by atoms with Gasteiger partial charge in [0.2, 0.25) is 0 Å². The normalized spacial score (nSPS) is 19.1. The summed E-state index contributed by atoms with van der Waals surface area (Å²) >= 11 is 1.43. The molecule has 29 heavy (non-hydrogen) atoms. The average molecular weight is 423 g/mol. The Hall–Kier alpha value is -2.59. The van der Waals surface area contributed by atoms with Crippen molar-refractivity contribution in [2.45, 2.75) is 24.9 Å². The van der Waals surface area contributed by atoms with Gasteiger partial charge in [-0.05, 0) is 30.9 Å². The number of fused-ring (bicyclic) bond motifs is 1. The SMILES string of the molecule is CN=Cc1cc(-c2ncc3cc(C4CC(C(F)(F)F)C4)sc3n2)cnc1N.CO. The minimum Gasteiger partial charge on any atom is -0.400 e. The first-order valence-electron chi connectivity index (χ1n) is 8.81. The molecule has 1 fully saturated rings. The number of alkyl halides is 3. The molecule has 0 aliphatic heterocycles. The predicted octanol–water partition coefficient (Wildman–Crippen LogP) is 4.05. The van der Waals surface area contributed by atoms with Crippen molar-refractivity contribution in [3.05, 3.63) is 35.0 Å². The lowest BCUT2D eigenvalue weighted by molar-refractivity contribution is -0.197. The number of pyridine rings is 1. The molecule has 0 saturated heterocycles. The van der Waals surface area contributed by atoms with E-state index in [1.165, 1.54) is 11.3 Å². The highest BCUT2D eigenvalue weighted by molar-refractivity contribution is 7.18. The first-order valence-corrected chi connectivity index (χ1v) is 9.62. The van der Waals surface area contributed by atoms with Crippen LogP contribution in [-0.4, -0.2) is 46.6 Å². The molecule has 0 aromatic carbocycles. The minimum atomic E-state index is -4.10. The fraction of sp³-hybridized carbons (Fsp3) is 0.368. The van der Waals surface area contributed by atoms with Crippen LogP contribution in [0.5, 0.6) is 0 Å². The van der Waals surface area contributed by atoms with Crippen molar-refractivity contribution in [1.82, 2.24) is 15.0 Å². The van der Waals surface area contributed by atoms with Crippen molar-refractivity contribution in [2.75, 3.05) is 19.9 Å². The molecule has 3 aromatic rings. The number of aliphatic hydroxyl groups is 1. The zero-order chi connectivity index (χ0) is 21.2. The first-order chi connectivity index (χ1) is 13.8. The Morgan fingerprint density at radius 3 is 2.59 bits per heavy atom. The van der Waals surface area contributed by atoms with Crippen molar-refractivity contribution >= 4 is 33.6 Å². The molecule has 10 heteroatoms. The summed E-state index contributed by atoms with van der Waals surface area (Å²) in [6.07, 6.45) is 1.11. The lowest BCUT2D eigenvalue weighted by Gasteiger charge is -2.35. The molecule has 3 N–H and O–H groups in total. The molecule has 0 radical (unpaired) electrons. The number of thiophene rings is 1. The molecule has 3 aromatic heterocycles. The van der Waals surface area contributed by atoms with Gasteiger partial charge in [0.05, 0.1) is 5.92 Å². The van der Waals surface area contributed by atoms with Crippen LogP contribution >= 0.6 is 11.3 Å². The third-order valence-corrected chi connectivity index (χ3v) is 5.98. The molecule has 1 aliphatic carbocycles. The molecule has 1 aliphatic rings. The van der Waals surface area contributed by atoms with Crippen molar-refractivity contribution in [3.8, 4) is 11.4 Å². The van der Waals surface area contributed by atoms with Crippen LogP contribution in [-0.2, 0) is 0 Å². The van der Waals surface area contributed by atoms with Gasteiger partial charge in [-0.3, -0.25) is 4.99 Å². The van der Waals surface area contributed by atoms with Crippen molar-refractivity contribution < 1.29 is 18.3 Å². The third kappa shape index (κ3) is 4.38. The van der Waals surface area contributed by atoms with E-state index in [2.05, 4.69) is 19.9 Å². The van der Waals surface area contributed by atoms with Gasteiger partial charge in [-0.2, -0.15) is 13.2 Å². The summed E-state index contributed by atoms with van der Waals surface area (Å²) in [4.78, 5) is 18.7. The van der Waals surface area contributed by atoms with Crippen LogP contribution in [0.25, 0.3) is 21.6 Å². The number of nitrogens with zero attached hydrogens (tertiary/aromatic N) is 4. The van der Waals surface area contributed by atoms with Crippen LogP contribution in [0.15, 0.2) is 29.5 Å². The number of hydrogen-bond acceptors (Lipinski definition) is 7. The molecule has 0 amide bonds. The highest BCUT2D eigenvalue weighted by atomic mass is 32.1. The number of halogens is 3. The van der Waals surface area contributed by atoms with E-state index in [0.29, 0.717) is 22.8 Å². The van der Waals surface area contributed by atoms with E-state index in [1.807, 2.05) is 12.1 Å². The van der Waals surface area contributed by atoms with Gasteiger partial charge >= 0.3 is 6.18 Å². The van der Waals surface area contributed by atoms with Crippen LogP contribution in [0, 0.1) is 5.92 Å². The quantitative estimate of drug-likeness (QED) is 0.620. The van der Waals surface area contributed by atoms with Gasteiger partial charge in [0.25, 0.3) is 0 Å². The van der Waals surface area contributed by atoms with Gasteiger partial charge in [-0.25, -0.2) is 15.0 Å². The first kappa shape index (κ1) is 21.1. The summed E-state index contributed by atoms with van der Waals surface area (Å²) in [5.41, 5.74) is 7.21. The zero-order valence-electron chi connectivity index (χ0n) is 15.8. The highest BCUT2D eigenvalue weighted by Gasteiger charge is 2.48. The maximum atomic E-state index is 12.7. The molecule has 0 atom stereocenters. The van der Waals surface area contributed by atoms with Crippen LogP contribution in [0.4, 0.5) is 19.0 Å². The van der Waals surface area contributed by atoms with Crippen LogP contribution in [0.3, 0.4) is 0 Å². The average Bonchev–Trinajstić information content (AvgIpc) is 3.05. The van der Waals surface area contributed by atoms with Crippen molar-refractivity contribution in [3.63, 3.8) is 0 Å². The van der Waals surface area contributed by atoms with Gasteiger partial charge < -0.3 is 10.8 Å². The molecular formula is C19H20F3N5OS. The van der Waals surface area contributed by atoms with Gasteiger partial charge in [0.15, 0.2) is 5.82 Å². The molecule has 0 spiro atoms. The second-order valence-electron chi connectivity index (χ2n) is 6.60. The van der Waals surface area contributed by atoms with Gasteiger partial charge in [-0.1, -0.05) is 0 Å². The molecule has 1 saturated carbocycles. The Bertz CT molecular complexity index is 1030. The summed E-state index contributed by atoms with van der Waals surface area (Å²) in [7, 11) is 2.64. The Morgan fingerprint density at radius 2 is 1.93 bits per heavy atom. The minimum absolute atomic E-state index is 0.0511. The lowest BCUT2D eigenvalue weighted by Crippen LogP contribution is -2.34. The number of aliphatic hydroxyl groups excluding tert-OH is 1. The highest BCUT2D eigenvalue weighted by Crippen LogP contribution is 2.51. The smallest absolute Gasteiger partial charge is 0.391 e. The number of hydrogen-bond donors (Lipinski definition) is 2. The van der Waals surface area contributed by atoms with Crippen LogP contribution in [0.2, 0.25) is 0 Å². The molecule has 3 heterocycles. The van der Waals surface area contributed by atoms with Gasteiger partial charge in [0, 0.05) is 54.2 Å². The Morgan fingerprint density at radius 1 is 1.21 bits per heavy atom. The van der Waals surface area contributed by atoms with E-state index < -0.39 is 12.1 Å². The Kier molecular flexibility index (Phi) is 6.13.